The van der Waals surface area contributed by atoms with Crippen LogP contribution in [0.4, 0.5) is 0 Å². The zero-order valence-electron chi connectivity index (χ0n) is 30.6. The average Bonchev–Trinajstić information content (AvgIpc) is 3.84. The van der Waals surface area contributed by atoms with Gasteiger partial charge in [-0.15, -0.1) is 21.5 Å². The van der Waals surface area contributed by atoms with E-state index >= 15 is 0 Å². The van der Waals surface area contributed by atoms with Gasteiger partial charge in [-0.3, -0.25) is 0 Å². The fraction of sp³-hybridized carbons (Fsp3) is 0.581. The van der Waals surface area contributed by atoms with Gasteiger partial charge in [0.25, 0.3) is 0 Å². The summed E-state index contributed by atoms with van der Waals surface area (Å²) in [4.78, 5) is 12.6. The number of carboxylic acids is 1. The molecule has 0 aliphatic heterocycles. The highest BCUT2D eigenvalue weighted by Gasteiger charge is 2.70. The van der Waals surface area contributed by atoms with Gasteiger partial charge in [0.15, 0.2) is 0 Å². The molecule has 0 spiro atoms. The van der Waals surface area contributed by atoms with Gasteiger partial charge in [0.2, 0.25) is 5.82 Å². The molecule has 0 bridgehead atoms. The number of nitrogens with zero attached hydrogens (tertiary/aromatic N) is 3. The van der Waals surface area contributed by atoms with E-state index in [-0.39, 0.29) is 27.1 Å². The molecular weight excluding hydrogens is 637 g/mol. The number of allylic oxidation sites excluding steroid dienone is 3. The Labute approximate surface area is 301 Å². The number of nitrogens with one attached hydrogen (secondary N) is 1. The van der Waals surface area contributed by atoms with Crippen molar-refractivity contribution in [3.8, 4) is 22.5 Å². The van der Waals surface area contributed by atoms with Gasteiger partial charge in [-0.2, -0.15) is 5.21 Å². The average molecular weight is 689 g/mol. The minimum atomic E-state index is -0.868. The highest BCUT2D eigenvalue weighted by atomic mass is 32.1. The molecule has 8 rings (SSSR count). The number of hydrogen-bond donors (Lipinski definition) is 2. The van der Waals surface area contributed by atoms with Gasteiger partial charge in [-0.1, -0.05) is 76.8 Å². The number of benzene rings is 1. The van der Waals surface area contributed by atoms with Crippen molar-refractivity contribution in [1.29, 1.82) is 0 Å². The predicted molar refractivity (Wildman–Crippen MR) is 200 cm³/mol. The highest BCUT2D eigenvalue weighted by Crippen LogP contribution is 2.77. The third-order valence-electron chi connectivity index (χ3n) is 15.7. The molecule has 9 atom stereocenters. The van der Waals surface area contributed by atoms with Crippen molar-refractivity contribution in [3.05, 3.63) is 70.6 Å². The van der Waals surface area contributed by atoms with Crippen LogP contribution < -0.4 is 0 Å². The molecule has 4 unspecified atom stereocenters. The van der Waals surface area contributed by atoms with E-state index in [1.54, 1.807) is 23.5 Å². The number of thiophene rings is 1. The minimum Gasteiger partial charge on any atom is -0.478 e. The summed E-state index contributed by atoms with van der Waals surface area (Å²) in [5.74, 6) is 10.4. The predicted octanol–water partition coefficient (Wildman–Crippen LogP) is 10.3. The number of tetrazole rings is 1. The Morgan fingerprint density at radius 3 is 2.44 bits per heavy atom. The number of carboxylic acid groups (broad SMARTS) is 1. The number of aromatic amines is 1. The lowest BCUT2D eigenvalue weighted by Crippen LogP contribution is -2.65. The zero-order valence-corrected chi connectivity index (χ0v) is 31.4. The van der Waals surface area contributed by atoms with Gasteiger partial charge < -0.3 is 5.11 Å². The lowest BCUT2D eigenvalue weighted by molar-refractivity contribution is -0.220. The first-order valence-electron chi connectivity index (χ1n) is 18.8. The molecule has 0 amide bonds. The summed E-state index contributed by atoms with van der Waals surface area (Å²) in [5, 5.41) is 26.5. The van der Waals surface area contributed by atoms with Crippen molar-refractivity contribution in [2.75, 3.05) is 0 Å². The third-order valence-corrected chi connectivity index (χ3v) is 16.7. The van der Waals surface area contributed by atoms with E-state index in [1.165, 1.54) is 55.2 Å². The van der Waals surface area contributed by atoms with E-state index < -0.39 is 5.97 Å². The van der Waals surface area contributed by atoms with Gasteiger partial charge in [0.1, 0.15) is 0 Å². The van der Waals surface area contributed by atoms with Crippen LogP contribution in [0.1, 0.15) is 121 Å². The van der Waals surface area contributed by atoms with E-state index in [0.717, 1.165) is 29.7 Å². The van der Waals surface area contributed by atoms with Crippen LogP contribution >= 0.6 is 11.3 Å². The minimum absolute atomic E-state index is 0.00659. The van der Waals surface area contributed by atoms with Crippen LogP contribution in [0.5, 0.6) is 0 Å². The van der Waals surface area contributed by atoms with Crippen LogP contribution in [0.15, 0.2) is 53.9 Å². The Kier molecular flexibility index (Phi) is 7.74. The van der Waals surface area contributed by atoms with Crippen molar-refractivity contribution in [3.63, 3.8) is 0 Å². The van der Waals surface area contributed by atoms with Crippen molar-refractivity contribution in [2.24, 2.45) is 56.7 Å². The fourth-order valence-electron chi connectivity index (χ4n) is 13.3. The third kappa shape index (κ3) is 4.65. The molecule has 0 saturated heterocycles. The molecular formula is C43H52N4O2S. The number of aromatic carboxylic acids is 1. The first kappa shape index (κ1) is 33.6. The van der Waals surface area contributed by atoms with Crippen molar-refractivity contribution in [1.82, 2.24) is 20.6 Å². The molecule has 1 aromatic carbocycles. The van der Waals surface area contributed by atoms with Gasteiger partial charge in [0, 0.05) is 11.0 Å². The second-order valence-electron chi connectivity index (χ2n) is 17.9. The molecule has 2 N–H and O–H groups in total. The molecule has 5 aliphatic rings. The summed E-state index contributed by atoms with van der Waals surface area (Å²) >= 11 is 1.63. The molecule has 3 aromatic rings. The Morgan fingerprint density at radius 2 is 1.74 bits per heavy atom. The summed E-state index contributed by atoms with van der Waals surface area (Å²) in [6.07, 6.45) is 13.4. The van der Waals surface area contributed by atoms with Gasteiger partial charge in [0.05, 0.1) is 10.4 Å². The Balaban J connectivity index is 1.13. The summed E-state index contributed by atoms with van der Waals surface area (Å²) < 4.78 is 0. The van der Waals surface area contributed by atoms with Crippen LogP contribution in [0, 0.1) is 68.5 Å². The second kappa shape index (κ2) is 11.5. The number of hydrogen-bond acceptors (Lipinski definition) is 5. The molecule has 7 heteroatoms. The van der Waals surface area contributed by atoms with Gasteiger partial charge in [-0.05, 0) is 156 Å². The van der Waals surface area contributed by atoms with Crippen LogP contribution in [-0.4, -0.2) is 31.7 Å². The molecule has 5 aliphatic carbocycles. The molecule has 4 saturated carbocycles. The quantitative estimate of drug-likeness (QED) is 0.210. The Bertz CT molecular complexity index is 1930. The fourth-order valence-corrected chi connectivity index (χ4v) is 14.1. The molecule has 6 nitrogen and oxygen atoms in total. The summed E-state index contributed by atoms with van der Waals surface area (Å²) in [6, 6.07) is 9.71. The molecule has 2 aromatic heterocycles. The van der Waals surface area contributed by atoms with Crippen LogP contribution in [-0.2, 0) is 0 Å². The molecule has 0 radical (unpaired) electrons. The number of H-pyrrole nitrogens is 1. The van der Waals surface area contributed by atoms with Crippen LogP contribution in [0.3, 0.4) is 0 Å². The highest BCUT2D eigenvalue weighted by molar-refractivity contribution is 7.13. The van der Waals surface area contributed by atoms with Crippen molar-refractivity contribution in [2.45, 2.75) is 99.3 Å². The maximum Gasteiger partial charge on any atom is 0.335 e. The lowest BCUT2D eigenvalue weighted by atomic mass is 9.32. The van der Waals surface area contributed by atoms with E-state index in [0.29, 0.717) is 41.0 Å². The van der Waals surface area contributed by atoms with E-state index in [4.69, 9.17) is 0 Å². The number of carbonyl (C=O) groups is 1. The summed E-state index contributed by atoms with van der Waals surface area (Å²) in [5.41, 5.74) is 6.02. The van der Waals surface area contributed by atoms with Gasteiger partial charge >= 0.3 is 5.97 Å². The molecule has 4 fully saturated rings. The Hall–Kier alpha value is -3.50. The largest absolute Gasteiger partial charge is 0.478 e. The summed E-state index contributed by atoms with van der Waals surface area (Å²) in [7, 11) is 0. The van der Waals surface area contributed by atoms with E-state index in [9.17, 15) is 9.90 Å². The normalized spacial score (nSPS) is 38.4. The van der Waals surface area contributed by atoms with Crippen molar-refractivity contribution >= 4 is 22.9 Å². The van der Waals surface area contributed by atoms with Crippen molar-refractivity contribution < 1.29 is 9.90 Å². The smallest absolute Gasteiger partial charge is 0.335 e. The molecule has 262 valence electrons. The number of fused-ring (bicyclic) bond motifs is 7. The standard InChI is InChI=1S/C43H52N4O2S/c1-26(2)30-15-22-43(21-14-28-18-25-50-36(28)37-44-46-47-45-37)24-23-41(6)32(35(30)43)12-13-34-40(5)19-16-31(27-8-10-29(11-9-27)38(48)49)39(3,4)33(40)17-20-42(34,41)7/h8-11,16,18,25,30,32-35H,1,12-13,15,17,19-20,22-24H2,2-7H3,(H,48,49)(H,44,45,46,47)/t30-,32?,33?,34?,35?,40-,41+,42+,43+/m0/s1. The maximum absolute atomic E-state index is 11.6. The van der Waals surface area contributed by atoms with Gasteiger partial charge in [-0.25, -0.2) is 4.79 Å². The second-order valence-corrected chi connectivity index (χ2v) is 18.8. The zero-order chi connectivity index (χ0) is 35.3. The topological polar surface area (TPSA) is 91.8 Å². The van der Waals surface area contributed by atoms with Crippen LogP contribution in [0.25, 0.3) is 16.3 Å². The number of aromatic nitrogens is 4. The Morgan fingerprint density at radius 1 is 0.960 bits per heavy atom. The SMILES string of the molecule is C=C(C)[C@@H]1CC[C@]2(C#Cc3ccsc3-c3nn[nH]n3)CC[C@]3(C)C(CCC4[C@@]5(C)CC=C(c6ccc(C(=O)O)cc6)C(C)(C)C5CC[C@]43C)C12. The summed E-state index contributed by atoms with van der Waals surface area (Å²) in [6.45, 7) is 19.8. The lowest BCUT2D eigenvalue weighted by Gasteiger charge is -2.72. The van der Waals surface area contributed by atoms with E-state index in [1.807, 2.05) is 12.1 Å². The maximum atomic E-state index is 11.6. The van der Waals surface area contributed by atoms with Crippen LogP contribution in [0.2, 0.25) is 0 Å². The monoisotopic (exact) mass is 688 g/mol. The molecule has 50 heavy (non-hydrogen) atoms. The number of rotatable bonds is 4. The first-order valence-corrected chi connectivity index (χ1v) is 19.7. The molecule has 2 heterocycles. The first-order chi connectivity index (χ1) is 23.8. The van der Waals surface area contributed by atoms with E-state index in [2.05, 4.69) is 98.1 Å².